The van der Waals surface area contributed by atoms with Crippen LogP contribution in [0.5, 0.6) is 34.5 Å². The molecule has 0 amide bonds. The molecule has 30 heavy (non-hydrogen) atoms. The van der Waals surface area contributed by atoms with E-state index in [1.165, 1.54) is 7.11 Å². The molecule has 0 aliphatic rings. The van der Waals surface area contributed by atoms with E-state index in [1.54, 1.807) is 0 Å². The molecule has 0 unspecified atom stereocenters. The van der Waals surface area contributed by atoms with Gasteiger partial charge in [-0.2, -0.15) is 0 Å². The van der Waals surface area contributed by atoms with E-state index < -0.39 is 46.2 Å². The van der Waals surface area contributed by atoms with E-state index in [9.17, 15) is 30.0 Å². The standard InChI is InChI=1S/C19H20O11/c1-27-2-3-28-4-5-29-14-9-11(7-13(21)16(14)22)19(26)30-15-8-10(18(24)25)6-12(20)17(15)23/h6-9,20-23H,2-5H2,1H3,(H,24,25). The van der Waals surface area contributed by atoms with Crippen molar-refractivity contribution >= 4 is 11.9 Å². The lowest BCUT2D eigenvalue weighted by molar-refractivity contribution is 0.0538. The van der Waals surface area contributed by atoms with E-state index >= 15 is 0 Å². The quantitative estimate of drug-likeness (QED) is 0.162. The Morgan fingerprint density at radius 3 is 2.00 bits per heavy atom. The Hall–Kier alpha value is -3.70. The first kappa shape index (κ1) is 22.6. The van der Waals surface area contributed by atoms with E-state index in [0.29, 0.717) is 13.2 Å². The van der Waals surface area contributed by atoms with Gasteiger partial charge in [0.15, 0.2) is 23.0 Å². The van der Waals surface area contributed by atoms with Crippen LogP contribution in [0.1, 0.15) is 20.7 Å². The summed E-state index contributed by atoms with van der Waals surface area (Å²) in [6.45, 7) is 0.853. The lowest BCUT2D eigenvalue weighted by Gasteiger charge is -2.12. The molecule has 0 saturated heterocycles. The molecule has 0 atom stereocenters. The Labute approximate surface area is 170 Å². The van der Waals surface area contributed by atoms with Gasteiger partial charge in [0.25, 0.3) is 0 Å². The highest BCUT2D eigenvalue weighted by atomic mass is 16.5. The second kappa shape index (κ2) is 10.2. The van der Waals surface area contributed by atoms with Gasteiger partial charge in [-0.3, -0.25) is 0 Å². The summed E-state index contributed by atoms with van der Waals surface area (Å²) in [6, 6.07) is 3.58. The summed E-state index contributed by atoms with van der Waals surface area (Å²) in [5, 5.41) is 48.1. The summed E-state index contributed by atoms with van der Waals surface area (Å²) in [6.07, 6.45) is 0. The molecule has 0 radical (unpaired) electrons. The molecule has 0 aromatic heterocycles. The fraction of sp³-hybridized carbons (Fsp3) is 0.263. The van der Waals surface area contributed by atoms with Gasteiger partial charge in [0.2, 0.25) is 11.5 Å². The molecule has 0 aliphatic heterocycles. The van der Waals surface area contributed by atoms with Gasteiger partial charge in [-0.25, -0.2) is 9.59 Å². The minimum atomic E-state index is -1.42. The zero-order chi connectivity index (χ0) is 22.3. The molecule has 0 heterocycles. The van der Waals surface area contributed by atoms with Crippen molar-refractivity contribution in [3.63, 3.8) is 0 Å². The van der Waals surface area contributed by atoms with Gasteiger partial charge in [-0.1, -0.05) is 0 Å². The van der Waals surface area contributed by atoms with Gasteiger partial charge >= 0.3 is 11.9 Å². The Bertz CT molecular complexity index is 923. The van der Waals surface area contributed by atoms with Crippen molar-refractivity contribution < 1.29 is 54.1 Å². The van der Waals surface area contributed by atoms with Crippen molar-refractivity contribution in [3.05, 3.63) is 35.4 Å². The first-order valence-electron chi connectivity index (χ1n) is 8.51. The molecule has 0 bridgehead atoms. The first-order chi connectivity index (χ1) is 14.2. The molecular weight excluding hydrogens is 404 g/mol. The molecule has 2 aromatic rings. The topological polar surface area (TPSA) is 172 Å². The predicted octanol–water partition coefficient (Wildman–Crippen LogP) is 1.47. The van der Waals surface area contributed by atoms with Gasteiger partial charge in [0.1, 0.15) is 6.61 Å². The van der Waals surface area contributed by atoms with Crippen LogP contribution >= 0.6 is 0 Å². The van der Waals surface area contributed by atoms with Crippen LogP contribution in [0, 0.1) is 0 Å². The Morgan fingerprint density at radius 2 is 1.37 bits per heavy atom. The molecule has 0 spiro atoms. The molecule has 11 heteroatoms. The molecule has 162 valence electrons. The number of carboxylic acid groups (broad SMARTS) is 1. The summed E-state index contributed by atoms with van der Waals surface area (Å²) >= 11 is 0. The van der Waals surface area contributed by atoms with Crippen LogP contribution in [-0.4, -0.2) is 71.0 Å². The largest absolute Gasteiger partial charge is 0.504 e. The third kappa shape index (κ3) is 5.65. The number of phenolic OH excluding ortho intramolecular Hbond substituents is 4. The zero-order valence-electron chi connectivity index (χ0n) is 15.8. The van der Waals surface area contributed by atoms with Crippen molar-refractivity contribution in [3.8, 4) is 34.5 Å². The lowest BCUT2D eigenvalue weighted by Crippen LogP contribution is -2.12. The third-order valence-corrected chi connectivity index (χ3v) is 3.71. The SMILES string of the molecule is COCCOCCOc1cc(C(=O)Oc2cc(C(=O)O)cc(O)c2O)cc(O)c1O. The summed E-state index contributed by atoms with van der Waals surface area (Å²) < 4.78 is 20.2. The number of ether oxygens (including phenoxy) is 4. The van der Waals surface area contributed by atoms with Crippen LogP contribution in [-0.2, 0) is 9.47 Å². The number of rotatable bonds is 10. The zero-order valence-corrected chi connectivity index (χ0v) is 15.8. The number of phenols is 4. The Kier molecular flexibility index (Phi) is 7.67. The highest BCUT2D eigenvalue weighted by molar-refractivity contribution is 5.94. The summed E-state index contributed by atoms with van der Waals surface area (Å²) in [4.78, 5) is 23.4. The van der Waals surface area contributed by atoms with E-state index in [0.717, 1.165) is 24.3 Å². The van der Waals surface area contributed by atoms with Crippen molar-refractivity contribution in [2.75, 3.05) is 33.5 Å². The number of carbonyl (C=O) groups excluding carboxylic acids is 1. The van der Waals surface area contributed by atoms with Crippen molar-refractivity contribution in [1.82, 2.24) is 0 Å². The minimum absolute atomic E-state index is 0.00939. The Morgan fingerprint density at radius 1 is 0.800 bits per heavy atom. The number of carbonyl (C=O) groups is 2. The maximum Gasteiger partial charge on any atom is 0.343 e. The Balaban J connectivity index is 2.16. The summed E-state index contributed by atoms with van der Waals surface area (Å²) in [5.41, 5.74) is -0.709. The van der Waals surface area contributed by atoms with E-state index in [4.69, 9.17) is 24.1 Å². The molecule has 0 saturated carbocycles. The smallest absolute Gasteiger partial charge is 0.343 e. The number of carboxylic acids is 1. The molecule has 0 aliphatic carbocycles. The van der Waals surface area contributed by atoms with Crippen LogP contribution in [0.2, 0.25) is 0 Å². The van der Waals surface area contributed by atoms with Crippen LogP contribution in [0.25, 0.3) is 0 Å². The molecular formula is C19H20O11. The normalized spacial score (nSPS) is 10.6. The van der Waals surface area contributed by atoms with E-state index in [-0.39, 0.29) is 24.5 Å². The maximum atomic E-state index is 12.4. The molecule has 0 fully saturated rings. The van der Waals surface area contributed by atoms with Crippen LogP contribution in [0.3, 0.4) is 0 Å². The third-order valence-electron chi connectivity index (χ3n) is 3.71. The van der Waals surface area contributed by atoms with Crippen molar-refractivity contribution in [2.24, 2.45) is 0 Å². The predicted molar refractivity (Wildman–Crippen MR) is 99.7 cm³/mol. The highest BCUT2D eigenvalue weighted by Crippen LogP contribution is 2.39. The summed E-state index contributed by atoms with van der Waals surface area (Å²) in [7, 11) is 1.52. The van der Waals surface area contributed by atoms with Crippen molar-refractivity contribution in [1.29, 1.82) is 0 Å². The molecule has 11 nitrogen and oxygen atoms in total. The lowest BCUT2D eigenvalue weighted by atomic mass is 10.1. The van der Waals surface area contributed by atoms with Gasteiger partial charge in [-0.15, -0.1) is 0 Å². The maximum absolute atomic E-state index is 12.4. The van der Waals surface area contributed by atoms with Crippen LogP contribution in [0.15, 0.2) is 24.3 Å². The monoisotopic (exact) mass is 424 g/mol. The molecule has 2 aromatic carbocycles. The number of hydrogen-bond donors (Lipinski definition) is 5. The van der Waals surface area contributed by atoms with Crippen LogP contribution < -0.4 is 9.47 Å². The number of esters is 1. The van der Waals surface area contributed by atoms with E-state index in [1.807, 2.05) is 0 Å². The highest BCUT2D eigenvalue weighted by Gasteiger charge is 2.21. The number of aromatic carboxylic acids is 1. The minimum Gasteiger partial charge on any atom is -0.504 e. The number of aromatic hydroxyl groups is 4. The average molecular weight is 424 g/mol. The number of methoxy groups -OCH3 is 1. The first-order valence-corrected chi connectivity index (χ1v) is 8.51. The van der Waals surface area contributed by atoms with Gasteiger partial charge in [0, 0.05) is 7.11 Å². The van der Waals surface area contributed by atoms with Gasteiger partial charge < -0.3 is 44.5 Å². The fourth-order valence-electron chi connectivity index (χ4n) is 2.23. The van der Waals surface area contributed by atoms with Crippen molar-refractivity contribution in [2.45, 2.75) is 0 Å². The van der Waals surface area contributed by atoms with Gasteiger partial charge in [0.05, 0.1) is 30.9 Å². The van der Waals surface area contributed by atoms with Gasteiger partial charge in [-0.05, 0) is 24.3 Å². The van der Waals surface area contributed by atoms with E-state index in [2.05, 4.69) is 0 Å². The molecule has 2 rings (SSSR count). The number of hydrogen-bond acceptors (Lipinski definition) is 10. The number of benzene rings is 2. The second-order valence-electron chi connectivity index (χ2n) is 5.83. The second-order valence-corrected chi connectivity index (χ2v) is 5.83. The fourth-order valence-corrected chi connectivity index (χ4v) is 2.23. The average Bonchev–Trinajstić information content (AvgIpc) is 2.70. The van der Waals surface area contributed by atoms with Crippen LogP contribution in [0.4, 0.5) is 0 Å². The molecule has 5 N–H and O–H groups in total. The summed E-state index contributed by atoms with van der Waals surface area (Å²) in [5.74, 6) is -6.33.